The van der Waals surface area contributed by atoms with E-state index >= 15 is 0 Å². The molecule has 20 heavy (non-hydrogen) atoms. The molecule has 0 saturated heterocycles. The molecular weight excluding hydrogens is 258 g/mol. The Morgan fingerprint density at radius 1 is 1.50 bits per heavy atom. The van der Waals surface area contributed by atoms with Crippen LogP contribution < -0.4 is 21.1 Å². The number of ether oxygens (including phenoxy) is 1. The van der Waals surface area contributed by atoms with Crippen LogP contribution >= 0.6 is 0 Å². The Labute approximate surface area is 117 Å². The Morgan fingerprint density at radius 2 is 2.25 bits per heavy atom. The second kappa shape index (κ2) is 5.50. The number of nitrogens with two attached hydrogens (primary N) is 1. The molecule has 1 heterocycles. The van der Waals surface area contributed by atoms with Crippen molar-refractivity contribution < 1.29 is 14.3 Å². The highest BCUT2D eigenvalue weighted by molar-refractivity contribution is 5.95. The van der Waals surface area contributed by atoms with Gasteiger partial charge in [0.25, 0.3) is 5.91 Å². The Bertz CT molecular complexity index is 540. The van der Waals surface area contributed by atoms with Crippen molar-refractivity contribution in [3.8, 4) is 5.75 Å². The molecule has 6 heteroatoms. The summed E-state index contributed by atoms with van der Waals surface area (Å²) in [5.41, 5.74) is 6.39. The third kappa shape index (κ3) is 3.27. The van der Waals surface area contributed by atoms with E-state index in [9.17, 15) is 9.59 Å². The van der Waals surface area contributed by atoms with Crippen molar-refractivity contribution in [3.63, 3.8) is 0 Å². The first-order valence-electron chi connectivity index (χ1n) is 6.45. The molecule has 1 aliphatic heterocycles. The van der Waals surface area contributed by atoms with Crippen molar-refractivity contribution in [2.24, 2.45) is 11.1 Å². The number of fused-ring (bicyclic) bond motifs is 1. The minimum atomic E-state index is -0.592. The van der Waals surface area contributed by atoms with Crippen LogP contribution in [0.25, 0.3) is 0 Å². The largest absolute Gasteiger partial charge is 0.482 e. The summed E-state index contributed by atoms with van der Waals surface area (Å²) in [6.45, 7) is 4.71. The second-order valence-electron chi connectivity index (χ2n) is 5.52. The topological polar surface area (TPSA) is 93.4 Å². The first-order valence-corrected chi connectivity index (χ1v) is 6.45. The van der Waals surface area contributed by atoms with Gasteiger partial charge in [0.15, 0.2) is 6.61 Å². The maximum Gasteiger partial charge on any atom is 0.262 e. The van der Waals surface area contributed by atoms with Gasteiger partial charge in [0.2, 0.25) is 5.91 Å². The molecular formula is C14H19N3O3. The molecule has 2 rings (SSSR count). The van der Waals surface area contributed by atoms with E-state index in [1.807, 2.05) is 18.2 Å². The predicted molar refractivity (Wildman–Crippen MR) is 75.2 cm³/mol. The summed E-state index contributed by atoms with van der Waals surface area (Å²) < 4.78 is 5.29. The summed E-state index contributed by atoms with van der Waals surface area (Å²) in [6.07, 6.45) is 0. The molecule has 0 radical (unpaired) electrons. The molecule has 1 aromatic rings. The number of amides is 2. The van der Waals surface area contributed by atoms with Gasteiger partial charge in [-0.2, -0.15) is 0 Å². The number of hydrogen-bond acceptors (Lipinski definition) is 4. The third-order valence-electron chi connectivity index (χ3n) is 3.24. The van der Waals surface area contributed by atoms with Gasteiger partial charge in [-0.15, -0.1) is 0 Å². The van der Waals surface area contributed by atoms with Crippen LogP contribution in [0.3, 0.4) is 0 Å². The van der Waals surface area contributed by atoms with E-state index in [1.165, 1.54) is 0 Å². The highest BCUT2D eigenvalue weighted by atomic mass is 16.5. The standard InChI is InChI=1S/C14H19N3O3/c1-14(2,13(15)19)8-16-6-9-3-4-11-10(5-9)17-12(18)7-20-11/h3-5,16H,6-8H2,1-2H3,(H2,15,19)(H,17,18). The molecule has 0 aliphatic carbocycles. The molecule has 0 bridgehead atoms. The fourth-order valence-electron chi connectivity index (χ4n) is 1.85. The minimum Gasteiger partial charge on any atom is -0.482 e. The average molecular weight is 277 g/mol. The van der Waals surface area contributed by atoms with E-state index in [0.717, 1.165) is 5.56 Å². The molecule has 4 N–H and O–H groups in total. The van der Waals surface area contributed by atoms with Gasteiger partial charge in [0, 0.05) is 13.1 Å². The van der Waals surface area contributed by atoms with Gasteiger partial charge >= 0.3 is 0 Å². The molecule has 0 atom stereocenters. The Morgan fingerprint density at radius 3 is 2.95 bits per heavy atom. The molecule has 108 valence electrons. The predicted octanol–water partition coefficient (Wildman–Crippen LogP) is 0.619. The van der Waals surface area contributed by atoms with Crippen molar-refractivity contribution in [1.82, 2.24) is 5.32 Å². The van der Waals surface area contributed by atoms with Gasteiger partial charge in [-0.1, -0.05) is 6.07 Å². The van der Waals surface area contributed by atoms with Gasteiger partial charge in [-0.3, -0.25) is 9.59 Å². The van der Waals surface area contributed by atoms with Crippen LogP contribution in [-0.4, -0.2) is 25.0 Å². The highest BCUT2D eigenvalue weighted by Crippen LogP contribution is 2.28. The van der Waals surface area contributed by atoms with Crippen LogP contribution in [0, 0.1) is 5.41 Å². The smallest absolute Gasteiger partial charge is 0.262 e. The van der Waals surface area contributed by atoms with Crippen LogP contribution in [0.15, 0.2) is 18.2 Å². The average Bonchev–Trinajstić information content (AvgIpc) is 2.37. The number of rotatable bonds is 5. The van der Waals surface area contributed by atoms with Gasteiger partial charge in [0.1, 0.15) is 5.75 Å². The Balaban J connectivity index is 1.96. The van der Waals surface area contributed by atoms with E-state index in [4.69, 9.17) is 10.5 Å². The summed E-state index contributed by atoms with van der Waals surface area (Å²) >= 11 is 0. The van der Waals surface area contributed by atoms with Crippen LogP contribution in [0.2, 0.25) is 0 Å². The quantitative estimate of drug-likeness (QED) is 0.735. The number of carbonyl (C=O) groups is 2. The third-order valence-corrected chi connectivity index (χ3v) is 3.24. The molecule has 2 amide bonds. The van der Waals surface area contributed by atoms with E-state index in [0.29, 0.717) is 24.5 Å². The van der Waals surface area contributed by atoms with E-state index in [2.05, 4.69) is 10.6 Å². The zero-order chi connectivity index (χ0) is 14.8. The monoisotopic (exact) mass is 277 g/mol. The first kappa shape index (κ1) is 14.3. The lowest BCUT2D eigenvalue weighted by Crippen LogP contribution is -2.40. The molecule has 1 aromatic carbocycles. The van der Waals surface area contributed by atoms with Crippen molar-refractivity contribution in [1.29, 1.82) is 0 Å². The van der Waals surface area contributed by atoms with Crippen LogP contribution in [-0.2, 0) is 16.1 Å². The van der Waals surface area contributed by atoms with E-state index in [1.54, 1.807) is 13.8 Å². The summed E-state index contributed by atoms with van der Waals surface area (Å²) in [6, 6.07) is 5.60. The molecule has 6 nitrogen and oxygen atoms in total. The Hall–Kier alpha value is -2.08. The Kier molecular flexibility index (Phi) is 3.94. The lowest BCUT2D eigenvalue weighted by Gasteiger charge is -2.21. The first-order chi connectivity index (χ1) is 9.38. The highest BCUT2D eigenvalue weighted by Gasteiger charge is 2.24. The fourth-order valence-corrected chi connectivity index (χ4v) is 1.85. The van der Waals surface area contributed by atoms with Crippen LogP contribution in [0.1, 0.15) is 19.4 Å². The van der Waals surface area contributed by atoms with Crippen molar-refractivity contribution in [2.75, 3.05) is 18.5 Å². The van der Waals surface area contributed by atoms with Crippen molar-refractivity contribution >= 4 is 17.5 Å². The molecule has 0 spiro atoms. The lowest BCUT2D eigenvalue weighted by molar-refractivity contribution is -0.125. The maximum absolute atomic E-state index is 11.3. The van der Waals surface area contributed by atoms with Crippen molar-refractivity contribution in [3.05, 3.63) is 23.8 Å². The summed E-state index contributed by atoms with van der Waals surface area (Å²) in [4.78, 5) is 22.5. The molecule has 1 aliphatic rings. The number of anilines is 1. The lowest BCUT2D eigenvalue weighted by atomic mass is 9.93. The normalized spacial score (nSPS) is 14.2. The summed E-state index contributed by atoms with van der Waals surface area (Å²) in [5, 5.41) is 5.95. The number of carbonyl (C=O) groups excluding carboxylic acids is 2. The van der Waals surface area contributed by atoms with E-state index in [-0.39, 0.29) is 18.4 Å². The number of benzene rings is 1. The van der Waals surface area contributed by atoms with Crippen LogP contribution in [0.5, 0.6) is 5.75 Å². The maximum atomic E-state index is 11.3. The molecule has 0 aromatic heterocycles. The van der Waals surface area contributed by atoms with Crippen molar-refractivity contribution in [2.45, 2.75) is 20.4 Å². The second-order valence-corrected chi connectivity index (χ2v) is 5.52. The zero-order valence-corrected chi connectivity index (χ0v) is 11.7. The number of nitrogens with one attached hydrogen (secondary N) is 2. The van der Waals surface area contributed by atoms with Gasteiger partial charge < -0.3 is 21.1 Å². The fraction of sp³-hybridized carbons (Fsp3) is 0.429. The minimum absolute atomic E-state index is 0.0530. The molecule has 0 fully saturated rings. The summed E-state index contributed by atoms with van der Waals surface area (Å²) in [7, 11) is 0. The SMILES string of the molecule is CC(C)(CNCc1ccc2c(c1)NC(=O)CO2)C(N)=O. The molecule has 0 unspecified atom stereocenters. The number of primary amides is 1. The van der Waals surface area contributed by atoms with Crippen LogP contribution in [0.4, 0.5) is 5.69 Å². The summed E-state index contributed by atoms with van der Waals surface area (Å²) in [5.74, 6) is 0.180. The number of hydrogen-bond donors (Lipinski definition) is 3. The molecule has 0 saturated carbocycles. The zero-order valence-electron chi connectivity index (χ0n) is 11.7. The van der Waals surface area contributed by atoms with E-state index < -0.39 is 5.41 Å². The van der Waals surface area contributed by atoms with Gasteiger partial charge in [0.05, 0.1) is 11.1 Å². The van der Waals surface area contributed by atoms with Gasteiger partial charge in [-0.05, 0) is 31.5 Å². The van der Waals surface area contributed by atoms with Gasteiger partial charge in [-0.25, -0.2) is 0 Å².